The van der Waals surface area contributed by atoms with Crippen LogP contribution in [0.15, 0.2) is 66.7 Å². The topological polar surface area (TPSA) is 60.0 Å². The summed E-state index contributed by atoms with van der Waals surface area (Å²) in [5.74, 6) is 1.27. The summed E-state index contributed by atoms with van der Waals surface area (Å²) in [6.07, 6.45) is 0.780. The molecule has 2 atom stereocenters. The van der Waals surface area contributed by atoms with Gasteiger partial charge in [-0.05, 0) is 49.2 Å². The Morgan fingerprint density at radius 3 is 2.16 bits per heavy atom. The highest BCUT2D eigenvalue weighted by Gasteiger charge is 2.34. The Morgan fingerprint density at radius 1 is 0.906 bits per heavy atom. The Bertz CT molecular complexity index is 1070. The van der Waals surface area contributed by atoms with Crippen LogP contribution in [0.4, 0.5) is 11.4 Å². The van der Waals surface area contributed by atoms with E-state index in [2.05, 4.69) is 30.4 Å². The number of para-hydroxylation sites is 2. The van der Waals surface area contributed by atoms with E-state index in [-0.39, 0.29) is 18.0 Å². The van der Waals surface area contributed by atoms with E-state index >= 15 is 0 Å². The molecule has 6 heteroatoms. The second-order valence-corrected chi connectivity index (χ2v) is 7.80. The van der Waals surface area contributed by atoms with Gasteiger partial charge in [-0.3, -0.25) is 4.79 Å². The summed E-state index contributed by atoms with van der Waals surface area (Å²) < 4.78 is 16.3. The minimum absolute atomic E-state index is 0.0160. The fourth-order valence-corrected chi connectivity index (χ4v) is 4.34. The molecular weight excluding hydrogens is 404 g/mol. The van der Waals surface area contributed by atoms with Gasteiger partial charge >= 0.3 is 0 Å². The molecule has 2 unspecified atom stereocenters. The zero-order valence-electron chi connectivity index (χ0n) is 18.8. The summed E-state index contributed by atoms with van der Waals surface area (Å²) in [5.41, 5.74) is 3.54. The maximum Gasteiger partial charge on any atom is 0.258 e. The molecule has 0 radical (unpaired) electrons. The lowest BCUT2D eigenvalue weighted by molar-refractivity contribution is 0.0973. The van der Waals surface area contributed by atoms with Crippen molar-refractivity contribution in [3.63, 3.8) is 0 Å². The summed E-state index contributed by atoms with van der Waals surface area (Å²) in [5, 5.41) is 3.62. The van der Waals surface area contributed by atoms with Crippen molar-refractivity contribution < 1.29 is 19.0 Å². The van der Waals surface area contributed by atoms with Crippen molar-refractivity contribution in [3.05, 3.63) is 77.9 Å². The van der Waals surface area contributed by atoms with Crippen LogP contribution in [0.1, 0.15) is 35.3 Å². The van der Waals surface area contributed by atoms with E-state index in [9.17, 15) is 4.79 Å². The van der Waals surface area contributed by atoms with Crippen LogP contribution in [0.3, 0.4) is 0 Å². The number of nitrogens with one attached hydrogen (secondary N) is 1. The molecule has 3 aromatic rings. The van der Waals surface area contributed by atoms with Crippen molar-refractivity contribution in [1.29, 1.82) is 0 Å². The summed E-state index contributed by atoms with van der Waals surface area (Å²) in [4.78, 5) is 15.6. The Kier molecular flexibility index (Phi) is 6.21. The van der Waals surface area contributed by atoms with Crippen molar-refractivity contribution in [1.82, 2.24) is 0 Å². The fraction of sp³-hybridized carbons (Fsp3) is 0.269. The standard InChI is InChI=1S/C26H28N2O4/c1-17-14-21(27-19-10-6-5-7-11-19)20-12-8-9-13-22(20)28(17)26(29)18-15-23(30-2)25(32-4)24(16-18)31-3/h5-13,15-17,21,27H,14H2,1-4H3. The number of nitrogens with zero attached hydrogens (tertiary/aromatic N) is 1. The van der Waals surface area contributed by atoms with Crippen LogP contribution in [0.2, 0.25) is 0 Å². The molecule has 1 aliphatic heterocycles. The molecule has 1 N–H and O–H groups in total. The summed E-state index contributed by atoms with van der Waals surface area (Å²) >= 11 is 0. The average molecular weight is 433 g/mol. The maximum atomic E-state index is 13.7. The van der Waals surface area contributed by atoms with E-state index in [1.54, 1.807) is 33.5 Å². The zero-order valence-corrected chi connectivity index (χ0v) is 18.8. The lowest BCUT2D eigenvalue weighted by Crippen LogP contribution is -2.44. The molecule has 0 saturated heterocycles. The largest absolute Gasteiger partial charge is 0.493 e. The quantitative estimate of drug-likeness (QED) is 0.572. The SMILES string of the molecule is COc1cc(C(=O)N2c3ccccc3C(Nc3ccccc3)CC2C)cc(OC)c1OC. The van der Waals surface area contributed by atoms with Gasteiger partial charge in [-0.1, -0.05) is 36.4 Å². The molecule has 0 fully saturated rings. The van der Waals surface area contributed by atoms with Crippen molar-refractivity contribution in [2.75, 3.05) is 31.5 Å². The lowest BCUT2D eigenvalue weighted by Gasteiger charge is -2.40. The van der Waals surface area contributed by atoms with Crippen LogP contribution in [-0.2, 0) is 0 Å². The van der Waals surface area contributed by atoms with Crippen molar-refractivity contribution in [3.8, 4) is 17.2 Å². The molecule has 32 heavy (non-hydrogen) atoms. The summed E-state index contributed by atoms with van der Waals surface area (Å²) in [6.45, 7) is 2.07. The number of carbonyl (C=O) groups is 1. The third-order valence-electron chi connectivity index (χ3n) is 5.83. The van der Waals surface area contributed by atoms with E-state index in [1.165, 1.54) is 0 Å². The second kappa shape index (κ2) is 9.22. The minimum atomic E-state index is -0.109. The summed E-state index contributed by atoms with van der Waals surface area (Å²) in [7, 11) is 4.64. The highest BCUT2D eigenvalue weighted by Crippen LogP contribution is 2.42. The van der Waals surface area contributed by atoms with Gasteiger partial charge in [-0.2, -0.15) is 0 Å². The molecule has 0 saturated carbocycles. The van der Waals surface area contributed by atoms with Crippen molar-refractivity contribution in [2.45, 2.75) is 25.4 Å². The molecule has 1 aliphatic rings. The first-order valence-corrected chi connectivity index (χ1v) is 10.6. The Labute approximate surface area is 188 Å². The smallest absolute Gasteiger partial charge is 0.258 e. The molecule has 0 aliphatic carbocycles. The lowest BCUT2D eigenvalue weighted by atomic mass is 9.90. The van der Waals surface area contributed by atoms with Gasteiger partial charge in [0.05, 0.1) is 27.4 Å². The minimum Gasteiger partial charge on any atom is -0.493 e. The third-order valence-corrected chi connectivity index (χ3v) is 5.83. The van der Waals surface area contributed by atoms with Crippen LogP contribution < -0.4 is 24.4 Å². The van der Waals surface area contributed by atoms with Gasteiger partial charge in [0.25, 0.3) is 5.91 Å². The molecule has 0 spiro atoms. The number of fused-ring (bicyclic) bond motifs is 1. The van der Waals surface area contributed by atoms with E-state index in [4.69, 9.17) is 14.2 Å². The van der Waals surface area contributed by atoms with Gasteiger partial charge in [-0.25, -0.2) is 0 Å². The number of rotatable bonds is 6. The highest BCUT2D eigenvalue weighted by molar-refractivity contribution is 6.08. The van der Waals surface area contributed by atoms with E-state index < -0.39 is 0 Å². The molecular formula is C26H28N2O4. The normalized spacial score (nSPS) is 17.3. The fourth-order valence-electron chi connectivity index (χ4n) is 4.34. The predicted octanol–water partition coefficient (Wildman–Crippen LogP) is 5.30. The molecule has 0 bridgehead atoms. The highest BCUT2D eigenvalue weighted by atomic mass is 16.5. The first-order valence-electron chi connectivity index (χ1n) is 10.6. The predicted molar refractivity (Wildman–Crippen MR) is 126 cm³/mol. The van der Waals surface area contributed by atoms with E-state index in [0.29, 0.717) is 22.8 Å². The molecule has 6 nitrogen and oxygen atoms in total. The van der Waals surface area contributed by atoms with Crippen LogP contribution in [0.5, 0.6) is 17.2 Å². The first-order chi connectivity index (χ1) is 15.6. The van der Waals surface area contributed by atoms with Gasteiger partial charge in [0.2, 0.25) is 5.75 Å². The first kappa shape index (κ1) is 21.6. The molecule has 166 valence electrons. The number of benzene rings is 3. The number of anilines is 2. The Hall–Kier alpha value is -3.67. The second-order valence-electron chi connectivity index (χ2n) is 7.80. The number of carbonyl (C=O) groups excluding carboxylic acids is 1. The number of hydrogen-bond donors (Lipinski definition) is 1. The van der Waals surface area contributed by atoms with Gasteiger partial charge in [0.1, 0.15) is 0 Å². The van der Waals surface area contributed by atoms with E-state index in [0.717, 1.165) is 23.4 Å². The number of amides is 1. The van der Waals surface area contributed by atoms with Crippen molar-refractivity contribution >= 4 is 17.3 Å². The van der Waals surface area contributed by atoms with Crippen LogP contribution >= 0.6 is 0 Å². The zero-order chi connectivity index (χ0) is 22.7. The van der Waals surface area contributed by atoms with Crippen LogP contribution in [-0.4, -0.2) is 33.3 Å². The average Bonchev–Trinajstić information content (AvgIpc) is 2.83. The molecule has 1 heterocycles. The molecule has 4 rings (SSSR count). The molecule has 1 amide bonds. The number of methoxy groups -OCH3 is 3. The van der Waals surface area contributed by atoms with Gasteiger partial charge in [-0.15, -0.1) is 0 Å². The van der Waals surface area contributed by atoms with E-state index in [1.807, 2.05) is 41.3 Å². The monoisotopic (exact) mass is 432 g/mol. The van der Waals surface area contributed by atoms with Crippen LogP contribution in [0.25, 0.3) is 0 Å². The van der Waals surface area contributed by atoms with Crippen LogP contribution in [0, 0.1) is 0 Å². The van der Waals surface area contributed by atoms with Gasteiger partial charge < -0.3 is 24.4 Å². The number of ether oxygens (including phenoxy) is 3. The molecule has 0 aromatic heterocycles. The Morgan fingerprint density at radius 2 is 1.53 bits per heavy atom. The van der Waals surface area contributed by atoms with Gasteiger partial charge in [0.15, 0.2) is 11.5 Å². The maximum absolute atomic E-state index is 13.7. The molecule has 3 aromatic carbocycles. The third kappa shape index (κ3) is 3.96. The number of hydrogen-bond acceptors (Lipinski definition) is 5. The van der Waals surface area contributed by atoms with Gasteiger partial charge in [0, 0.05) is 23.0 Å². The Balaban J connectivity index is 1.72. The summed E-state index contributed by atoms with van der Waals surface area (Å²) in [6, 6.07) is 21.7. The van der Waals surface area contributed by atoms with Crippen molar-refractivity contribution in [2.24, 2.45) is 0 Å².